The summed E-state index contributed by atoms with van der Waals surface area (Å²) in [7, 11) is 0. The highest BCUT2D eigenvalue weighted by molar-refractivity contribution is 5.60. The van der Waals surface area contributed by atoms with E-state index >= 15 is 0 Å². The topological polar surface area (TPSA) is 15.6 Å². The number of rotatable bonds is 7. The fraction of sp³-hybridized carbons (Fsp3) is 0.824. The summed E-state index contributed by atoms with van der Waals surface area (Å²) in [5.41, 5.74) is 0. The molecular formula is C17H30N2. The predicted octanol–water partition coefficient (Wildman–Crippen LogP) is 4.27. The highest BCUT2D eigenvalue weighted by atomic mass is 15.1. The SMILES string of the molecule is CCCCC1CCN(CCCC2C=CN=CC2)CC1. The van der Waals surface area contributed by atoms with E-state index in [0.29, 0.717) is 0 Å². The van der Waals surface area contributed by atoms with Gasteiger partial charge in [0.05, 0.1) is 0 Å². The van der Waals surface area contributed by atoms with Crippen molar-refractivity contribution in [3.8, 4) is 0 Å². The zero-order valence-corrected chi connectivity index (χ0v) is 12.6. The molecule has 1 saturated heterocycles. The first-order chi connectivity index (χ1) is 9.38. The van der Waals surface area contributed by atoms with Crippen LogP contribution in [0.2, 0.25) is 0 Å². The molecule has 0 aliphatic carbocycles. The third-order valence-corrected chi connectivity index (χ3v) is 4.68. The average molecular weight is 262 g/mol. The summed E-state index contributed by atoms with van der Waals surface area (Å²) in [6.07, 6.45) is 17.3. The summed E-state index contributed by atoms with van der Waals surface area (Å²) in [6.45, 7) is 6.30. The van der Waals surface area contributed by atoms with E-state index in [9.17, 15) is 0 Å². The Bertz CT molecular complexity index is 288. The van der Waals surface area contributed by atoms with Crippen molar-refractivity contribution in [3.63, 3.8) is 0 Å². The highest BCUT2D eigenvalue weighted by Gasteiger charge is 2.18. The number of nitrogens with zero attached hydrogens (tertiary/aromatic N) is 2. The van der Waals surface area contributed by atoms with E-state index in [1.807, 2.05) is 6.20 Å². The van der Waals surface area contributed by atoms with Crippen LogP contribution in [0, 0.1) is 11.8 Å². The lowest BCUT2D eigenvalue weighted by atomic mass is 9.91. The van der Waals surface area contributed by atoms with Crippen LogP contribution >= 0.6 is 0 Å². The zero-order valence-electron chi connectivity index (χ0n) is 12.6. The Morgan fingerprint density at radius 1 is 1.16 bits per heavy atom. The Kier molecular flexibility index (Phi) is 6.63. The molecule has 1 fully saturated rings. The second kappa shape index (κ2) is 8.52. The van der Waals surface area contributed by atoms with Gasteiger partial charge in [-0.25, -0.2) is 0 Å². The summed E-state index contributed by atoms with van der Waals surface area (Å²) in [4.78, 5) is 6.83. The van der Waals surface area contributed by atoms with E-state index in [1.165, 1.54) is 64.6 Å². The van der Waals surface area contributed by atoms with Crippen LogP contribution in [-0.4, -0.2) is 30.7 Å². The monoisotopic (exact) mass is 262 g/mol. The van der Waals surface area contributed by atoms with Crippen LogP contribution in [0.5, 0.6) is 0 Å². The van der Waals surface area contributed by atoms with Gasteiger partial charge >= 0.3 is 0 Å². The first-order valence-corrected chi connectivity index (χ1v) is 8.29. The molecule has 0 aromatic rings. The summed E-state index contributed by atoms with van der Waals surface area (Å²) < 4.78 is 0. The van der Waals surface area contributed by atoms with Gasteiger partial charge in [0, 0.05) is 12.4 Å². The Labute approximate surface area is 119 Å². The maximum Gasteiger partial charge on any atom is 0.0226 e. The van der Waals surface area contributed by atoms with E-state index in [2.05, 4.69) is 29.1 Å². The molecule has 0 bridgehead atoms. The minimum atomic E-state index is 0.750. The molecule has 2 heteroatoms. The quantitative estimate of drug-likeness (QED) is 0.669. The van der Waals surface area contributed by atoms with Crippen molar-refractivity contribution in [1.82, 2.24) is 4.90 Å². The Hall–Kier alpha value is -0.630. The van der Waals surface area contributed by atoms with Crippen molar-refractivity contribution >= 4 is 6.21 Å². The molecule has 0 N–H and O–H groups in total. The van der Waals surface area contributed by atoms with Crippen LogP contribution < -0.4 is 0 Å². The molecule has 0 aromatic heterocycles. The van der Waals surface area contributed by atoms with E-state index in [4.69, 9.17) is 0 Å². The van der Waals surface area contributed by atoms with Crippen LogP contribution in [0.3, 0.4) is 0 Å². The van der Waals surface area contributed by atoms with E-state index < -0.39 is 0 Å². The summed E-state index contributed by atoms with van der Waals surface area (Å²) in [5.74, 6) is 1.77. The Morgan fingerprint density at radius 2 is 2.00 bits per heavy atom. The number of piperidine rings is 1. The van der Waals surface area contributed by atoms with Crippen molar-refractivity contribution in [3.05, 3.63) is 12.3 Å². The molecule has 108 valence electrons. The van der Waals surface area contributed by atoms with Gasteiger partial charge < -0.3 is 4.90 Å². The van der Waals surface area contributed by atoms with Gasteiger partial charge in [-0.3, -0.25) is 4.99 Å². The molecule has 2 aliphatic rings. The van der Waals surface area contributed by atoms with E-state index in [0.717, 1.165) is 18.3 Å². The Balaban J connectivity index is 1.53. The Morgan fingerprint density at radius 3 is 2.68 bits per heavy atom. The number of aliphatic imine (C=N–C) groups is 1. The van der Waals surface area contributed by atoms with Crippen molar-refractivity contribution in [2.75, 3.05) is 19.6 Å². The highest BCUT2D eigenvalue weighted by Crippen LogP contribution is 2.23. The summed E-state index contributed by atoms with van der Waals surface area (Å²) >= 11 is 0. The standard InChI is InChI=1S/C17H30N2/c1-2-3-5-17-9-14-19(15-10-17)13-4-6-16-7-11-18-12-8-16/h7,11-12,16-17H,2-6,8-10,13-15H2,1H3. The van der Waals surface area contributed by atoms with Crippen LogP contribution in [0.1, 0.15) is 58.3 Å². The van der Waals surface area contributed by atoms with Gasteiger partial charge in [0.15, 0.2) is 0 Å². The lowest BCUT2D eigenvalue weighted by Crippen LogP contribution is -2.34. The van der Waals surface area contributed by atoms with Crippen LogP contribution in [0.4, 0.5) is 0 Å². The fourth-order valence-corrected chi connectivity index (χ4v) is 3.29. The van der Waals surface area contributed by atoms with Crippen LogP contribution in [0.15, 0.2) is 17.3 Å². The molecule has 1 atom stereocenters. The summed E-state index contributed by atoms with van der Waals surface area (Å²) in [6, 6.07) is 0. The third-order valence-electron chi connectivity index (χ3n) is 4.68. The van der Waals surface area contributed by atoms with Gasteiger partial charge in [-0.2, -0.15) is 0 Å². The maximum atomic E-state index is 4.14. The first-order valence-electron chi connectivity index (χ1n) is 8.29. The largest absolute Gasteiger partial charge is 0.303 e. The molecule has 0 aromatic carbocycles. The van der Waals surface area contributed by atoms with Gasteiger partial charge in [-0.05, 0) is 63.6 Å². The summed E-state index contributed by atoms with van der Waals surface area (Å²) in [5, 5.41) is 0. The second-order valence-corrected chi connectivity index (χ2v) is 6.24. The van der Waals surface area contributed by atoms with Crippen molar-refractivity contribution < 1.29 is 0 Å². The minimum absolute atomic E-state index is 0.750. The third kappa shape index (κ3) is 5.48. The van der Waals surface area contributed by atoms with E-state index in [-0.39, 0.29) is 0 Å². The van der Waals surface area contributed by atoms with Crippen molar-refractivity contribution in [2.24, 2.45) is 16.8 Å². The lowest BCUT2D eigenvalue weighted by Gasteiger charge is -2.32. The molecule has 2 rings (SSSR count). The number of unbranched alkanes of at least 4 members (excludes halogenated alkanes) is 1. The molecular weight excluding hydrogens is 232 g/mol. The maximum absolute atomic E-state index is 4.14. The first kappa shape index (κ1) is 14.8. The molecule has 2 heterocycles. The smallest absolute Gasteiger partial charge is 0.0226 e. The number of likely N-dealkylation sites (tertiary alicyclic amines) is 1. The van der Waals surface area contributed by atoms with Gasteiger partial charge in [0.1, 0.15) is 0 Å². The van der Waals surface area contributed by atoms with Gasteiger partial charge in [0.2, 0.25) is 0 Å². The second-order valence-electron chi connectivity index (χ2n) is 6.24. The zero-order chi connectivity index (χ0) is 13.3. The van der Waals surface area contributed by atoms with Crippen molar-refractivity contribution in [2.45, 2.75) is 58.3 Å². The van der Waals surface area contributed by atoms with Crippen molar-refractivity contribution in [1.29, 1.82) is 0 Å². The number of hydrogen-bond acceptors (Lipinski definition) is 2. The van der Waals surface area contributed by atoms with Gasteiger partial charge in [-0.1, -0.05) is 32.3 Å². The van der Waals surface area contributed by atoms with E-state index in [1.54, 1.807) is 0 Å². The number of allylic oxidation sites excluding steroid dienone is 1. The molecule has 1 unspecified atom stereocenters. The molecule has 0 saturated carbocycles. The van der Waals surface area contributed by atoms with Gasteiger partial charge in [-0.15, -0.1) is 0 Å². The normalized spacial score (nSPS) is 25.0. The van der Waals surface area contributed by atoms with Gasteiger partial charge in [0.25, 0.3) is 0 Å². The molecule has 0 spiro atoms. The molecule has 19 heavy (non-hydrogen) atoms. The van der Waals surface area contributed by atoms with Crippen LogP contribution in [0.25, 0.3) is 0 Å². The van der Waals surface area contributed by atoms with Crippen LogP contribution in [-0.2, 0) is 0 Å². The lowest BCUT2D eigenvalue weighted by molar-refractivity contribution is 0.173. The molecule has 2 nitrogen and oxygen atoms in total. The molecule has 2 aliphatic heterocycles. The average Bonchev–Trinajstić information content (AvgIpc) is 2.47. The fourth-order valence-electron chi connectivity index (χ4n) is 3.29. The number of hydrogen-bond donors (Lipinski definition) is 0. The minimum Gasteiger partial charge on any atom is -0.303 e. The molecule has 0 amide bonds. The molecule has 0 radical (unpaired) electrons. The predicted molar refractivity (Wildman–Crippen MR) is 83.7 cm³/mol.